The standard InChI is InChI=1S/C52H29N3S/c1-2-12-31(13-3-1)51-50-34-14-5-4-11-30(34)21-24-43(50)53-52(54-51)55-44-25-22-32(33-23-26-47-40(27-33)37-17-8-9-20-46(37)56-47)28-42(44)49-39-19-10-18-38-35-15-6-7-16-36(35)41(48(38)39)29-45(49)55/h1-29H. The van der Waals surface area contributed by atoms with Crippen LogP contribution in [0.5, 0.6) is 0 Å². The van der Waals surface area contributed by atoms with Gasteiger partial charge in [0.25, 0.3) is 0 Å². The molecule has 3 aromatic heterocycles. The van der Waals surface area contributed by atoms with Crippen molar-refractivity contribution in [2.45, 2.75) is 0 Å². The second-order valence-electron chi connectivity index (χ2n) is 14.9. The lowest BCUT2D eigenvalue weighted by Crippen LogP contribution is -2.04. The van der Waals surface area contributed by atoms with Gasteiger partial charge in [0.2, 0.25) is 5.95 Å². The Hall–Kier alpha value is -7.14. The van der Waals surface area contributed by atoms with Crippen LogP contribution in [0.3, 0.4) is 0 Å². The molecular formula is C52H29N3S. The van der Waals surface area contributed by atoms with Gasteiger partial charge in [-0.2, -0.15) is 0 Å². The molecule has 56 heavy (non-hydrogen) atoms. The maximum atomic E-state index is 5.55. The molecule has 0 saturated carbocycles. The van der Waals surface area contributed by atoms with E-state index in [1.807, 2.05) is 11.3 Å². The molecule has 4 heteroatoms. The Morgan fingerprint density at radius 2 is 1.07 bits per heavy atom. The van der Waals surface area contributed by atoms with Crippen LogP contribution < -0.4 is 0 Å². The molecule has 1 aliphatic rings. The topological polar surface area (TPSA) is 30.7 Å². The minimum Gasteiger partial charge on any atom is -0.278 e. The summed E-state index contributed by atoms with van der Waals surface area (Å²) in [5.41, 5.74) is 12.6. The van der Waals surface area contributed by atoms with E-state index in [4.69, 9.17) is 9.97 Å². The third-order valence-corrected chi connectivity index (χ3v) is 13.1. The lowest BCUT2D eigenvalue weighted by atomic mass is 9.96. The average Bonchev–Trinajstić information content (AvgIpc) is 3.91. The molecule has 0 unspecified atom stereocenters. The zero-order valence-electron chi connectivity index (χ0n) is 30.0. The molecule has 0 amide bonds. The molecule has 0 radical (unpaired) electrons. The van der Waals surface area contributed by atoms with Crippen molar-refractivity contribution < 1.29 is 0 Å². The van der Waals surface area contributed by atoms with Crippen molar-refractivity contribution in [2.24, 2.45) is 0 Å². The van der Waals surface area contributed by atoms with Crippen molar-refractivity contribution in [3.8, 4) is 50.6 Å². The Labute approximate surface area is 325 Å². The van der Waals surface area contributed by atoms with Crippen LogP contribution in [0.15, 0.2) is 176 Å². The van der Waals surface area contributed by atoms with Gasteiger partial charge in [0.15, 0.2) is 0 Å². The predicted molar refractivity (Wildman–Crippen MR) is 237 cm³/mol. The highest BCUT2D eigenvalue weighted by molar-refractivity contribution is 7.25. The summed E-state index contributed by atoms with van der Waals surface area (Å²) in [6.45, 7) is 0. The van der Waals surface area contributed by atoms with Crippen LogP contribution >= 0.6 is 11.3 Å². The normalized spacial score (nSPS) is 12.3. The van der Waals surface area contributed by atoms with Crippen LogP contribution in [0.1, 0.15) is 0 Å². The number of hydrogen-bond acceptors (Lipinski definition) is 3. The van der Waals surface area contributed by atoms with Crippen molar-refractivity contribution in [1.29, 1.82) is 0 Å². The quantitative estimate of drug-likeness (QED) is 0.170. The van der Waals surface area contributed by atoms with E-state index in [1.165, 1.54) is 80.5 Å². The molecule has 0 bridgehead atoms. The van der Waals surface area contributed by atoms with Gasteiger partial charge in [-0.25, -0.2) is 9.97 Å². The summed E-state index contributed by atoms with van der Waals surface area (Å²) in [6, 6.07) is 64.1. The first-order chi connectivity index (χ1) is 27.8. The van der Waals surface area contributed by atoms with Gasteiger partial charge >= 0.3 is 0 Å². The third-order valence-electron chi connectivity index (χ3n) is 11.9. The zero-order valence-corrected chi connectivity index (χ0v) is 30.8. The molecule has 0 fully saturated rings. The molecule has 1 aliphatic carbocycles. The van der Waals surface area contributed by atoms with Gasteiger partial charge in [0.1, 0.15) is 0 Å². The van der Waals surface area contributed by atoms with Crippen molar-refractivity contribution in [2.75, 3.05) is 0 Å². The maximum Gasteiger partial charge on any atom is 0.235 e. The molecule has 9 aromatic carbocycles. The lowest BCUT2D eigenvalue weighted by Gasteiger charge is -2.14. The number of rotatable bonds is 3. The Balaban J connectivity index is 1.15. The first-order valence-electron chi connectivity index (χ1n) is 19.1. The fourth-order valence-corrected chi connectivity index (χ4v) is 10.6. The van der Waals surface area contributed by atoms with Crippen molar-refractivity contribution in [3.63, 3.8) is 0 Å². The molecule has 0 N–H and O–H groups in total. The summed E-state index contributed by atoms with van der Waals surface area (Å²) >= 11 is 1.86. The SMILES string of the molecule is c1ccc(-c2nc(-n3c4ccc(-c5ccc6sc7ccccc7c6c5)cc4c4c5cccc6c5c(cc43)-c3ccccc3-6)nc3ccc4ccccc4c23)cc1. The second kappa shape index (κ2) is 11.2. The van der Waals surface area contributed by atoms with Crippen molar-refractivity contribution in [1.82, 2.24) is 14.5 Å². The van der Waals surface area contributed by atoms with Gasteiger partial charge in [-0.1, -0.05) is 133 Å². The summed E-state index contributed by atoms with van der Waals surface area (Å²) in [4.78, 5) is 11.0. The summed E-state index contributed by atoms with van der Waals surface area (Å²) in [7, 11) is 0. The number of fused-ring (bicyclic) bond motifs is 13. The van der Waals surface area contributed by atoms with E-state index in [9.17, 15) is 0 Å². The van der Waals surface area contributed by atoms with Gasteiger partial charge < -0.3 is 0 Å². The molecule has 13 rings (SSSR count). The molecule has 258 valence electrons. The molecular weight excluding hydrogens is 699 g/mol. The monoisotopic (exact) mass is 727 g/mol. The minimum absolute atomic E-state index is 0.666. The third kappa shape index (κ3) is 4.11. The van der Waals surface area contributed by atoms with Crippen LogP contribution in [0.4, 0.5) is 0 Å². The fraction of sp³-hybridized carbons (Fsp3) is 0. The minimum atomic E-state index is 0.666. The maximum absolute atomic E-state index is 5.55. The predicted octanol–water partition coefficient (Wildman–Crippen LogP) is 14.4. The van der Waals surface area contributed by atoms with Crippen LogP contribution in [0, 0.1) is 0 Å². The highest BCUT2D eigenvalue weighted by Gasteiger charge is 2.27. The van der Waals surface area contributed by atoms with Crippen molar-refractivity contribution >= 4 is 85.8 Å². The number of thiophene rings is 1. The van der Waals surface area contributed by atoms with Gasteiger partial charge in [-0.15, -0.1) is 11.3 Å². The highest BCUT2D eigenvalue weighted by Crippen LogP contribution is 2.51. The molecule has 0 aliphatic heterocycles. The van der Waals surface area contributed by atoms with E-state index < -0.39 is 0 Å². The smallest absolute Gasteiger partial charge is 0.235 e. The summed E-state index contributed by atoms with van der Waals surface area (Å²) in [6.07, 6.45) is 0. The van der Waals surface area contributed by atoms with E-state index in [-0.39, 0.29) is 0 Å². The average molecular weight is 728 g/mol. The van der Waals surface area contributed by atoms with E-state index in [0.717, 1.165) is 38.6 Å². The summed E-state index contributed by atoms with van der Waals surface area (Å²) < 4.78 is 4.95. The Morgan fingerprint density at radius 3 is 1.96 bits per heavy atom. The van der Waals surface area contributed by atoms with Gasteiger partial charge in [-0.3, -0.25) is 4.57 Å². The van der Waals surface area contributed by atoms with Crippen LogP contribution in [-0.2, 0) is 0 Å². The van der Waals surface area contributed by atoms with E-state index in [0.29, 0.717) is 5.95 Å². The molecule has 3 heterocycles. The van der Waals surface area contributed by atoms with Crippen LogP contribution in [-0.4, -0.2) is 14.5 Å². The van der Waals surface area contributed by atoms with Crippen LogP contribution in [0.25, 0.3) is 125 Å². The Kier molecular flexibility index (Phi) is 6.04. The van der Waals surface area contributed by atoms with E-state index >= 15 is 0 Å². The number of benzene rings is 9. The number of nitrogens with zero attached hydrogens (tertiary/aromatic N) is 3. The van der Waals surface area contributed by atoms with Gasteiger partial charge in [0, 0.05) is 41.9 Å². The highest BCUT2D eigenvalue weighted by atomic mass is 32.1. The zero-order chi connectivity index (χ0) is 36.5. The molecule has 0 spiro atoms. The summed E-state index contributed by atoms with van der Waals surface area (Å²) in [5.74, 6) is 0.666. The number of hydrogen-bond donors (Lipinski definition) is 0. The van der Waals surface area contributed by atoms with Crippen molar-refractivity contribution in [3.05, 3.63) is 176 Å². The Bertz CT molecular complexity index is 3650. The van der Waals surface area contributed by atoms with Gasteiger partial charge in [-0.05, 0) is 97.4 Å². The molecule has 0 saturated heterocycles. The summed E-state index contributed by atoms with van der Waals surface area (Å²) in [5, 5.41) is 11.0. The van der Waals surface area contributed by atoms with E-state index in [1.54, 1.807) is 0 Å². The number of aromatic nitrogens is 3. The molecule has 3 nitrogen and oxygen atoms in total. The molecule has 12 aromatic rings. The first kappa shape index (κ1) is 30.2. The fourth-order valence-electron chi connectivity index (χ4n) is 9.48. The Morgan fingerprint density at radius 1 is 0.375 bits per heavy atom. The lowest BCUT2D eigenvalue weighted by molar-refractivity contribution is 1.01. The van der Waals surface area contributed by atoms with Crippen LogP contribution in [0.2, 0.25) is 0 Å². The second-order valence-corrected chi connectivity index (χ2v) is 16.0. The van der Waals surface area contributed by atoms with E-state index in [2.05, 4.69) is 180 Å². The first-order valence-corrected chi connectivity index (χ1v) is 19.9. The molecule has 0 atom stereocenters. The van der Waals surface area contributed by atoms with Gasteiger partial charge in [0.05, 0.1) is 22.2 Å². The largest absolute Gasteiger partial charge is 0.278 e.